The number of hydrogen-bond donors (Lipinski definition) is 2. The first-order valence-corrected chi connectivity index (χ1v) is 16.1. The van der Waals surface area contributed by atoms with E-state index in [2.05, 4.69) is 32.1 Å². The molecular formula is C31H29F2N7O4S. The topological polar surface area (TPSA) is 139 Å². The molecule has 11 nitrogen and oxygen atoms in total. The molecule has 45 heavy (non-hydrogen) atoms. The number of nitrogen functional groups attached to an aromatic ring is 1. The van der Waals surface area contributed by atoms with Crippen LogP contribution in [0.1, 0.15) is 32.7 Å². The second-order valence-corrected chi connectivity index (χ2v) is 13.5. The van der Waals surface area contributed by atoms with Crippen LogP contribution in [0.5, 0.6) is 11.6 Å². The van der Waals surface area contributed by atoms with Gasteiger partial charge in [-0.1, -0.05) is 6.07 Å². The number of sulfonamides is 1. The number of carbonyl (C=O) groups excluding carboxylic acids is 1. The number of anilines is 1. The Morgan fingerprint density at radius 3 is 2.56 bits per heavy atom. The maximum Gasteiger partial charge on any atom is 0.219 e. The van der Waals surface area contributed by atoms with E-state index in [-0.39, 0.29) is 29.1 Å². The van der Waals surface area contributed by atoms with E-state index in [0.717, 1.165) is 41.6 Å². The molecule has 5 aromatic rings. The quantitative estimate of drug-likeness (QED) is 0.257. The second-order valence-electron chi connectivity index (χ2n) is 11.5. The zero-order valence-corrected chi connectivity index (χ0v) is 25.2. The van der Waals surface area contributed by atoms with Crippen LogP contribution >= 0.6 is 0 Å². The maximum absolute atomic E-state index is 14.0. The van der Waals surface area contributed by atoms with E-state index < -0.39 is 27.4 Å². The monoisotopic (exact) mass is 633 g/mol. The van der Waals surface area contributed by atoms with Crippen molar-refractivity contribution in [2.45, 2.75) is 25.9 Å². The molecule has 0 amide bonds. The van der Waals surface area contributed by atoms with Crippen molar-refractivity contribution in [1.29, 1.82) is 0 Å². The first-order valence-electron chi connectivity index (χ1n) is 14.3. The Labute approximate surface area is 257 Å². The summed E-state index contributed by atoms with van der Waals surface area (Å²) in [5.41, 5.74) is 11.2. The Balaban J connectivity index is 1.10. The molecule has 2 aliphatic rings. The highest BCUT2D eigenvalue weighted by molar-refractivity contribution is 7.88. The number of pyridine rings is 1. The fourth-order valence-corrected chi connectivity index (χ4v) is 6.81. The second kappa shape index (κ2) is 10.8. The number of aromatic amines is 1. The number of hydrogen-bond acceptors (Lipinski definition) is 8. The number of para-hydroxylation sites is 1. The van der Waals surface area contributed by atoms with Crippen molar-refractivity contribution in [1.82, 2.24) is 29.0 Å². The van der Waals surface area contributed by atoms with Crippen LogP contribution in [-0.4, -0.2) is 75.1 Å². The molecular weight excluding hydrogens is 604 g/mol. The average molecular weight is 634 g/mol. The summed E-state index contributed by atoms with van der Waals surface area (Å²) in [4.78, 5) is 23.3. The molecule has 0 unspecified atom stereocenters. The van der Waals surface area contributed by atoms with Gasteiger partial charge >= 0.3 is 0 Å². The predicted octanol–water partition coefficient (Wildman–Crippen LogP) is 3.94. The van der Waals surface area contributed by atoms with Crippen LogP contribution in [0.2, 0.25) is 0 Å². The summed E-state index contributed by atoms with van der Waals surface area (Å²) in [6, 6.07) is 11.1. The van der Waals surface area contributed by atoms with Gasteiger partial charge in [-0.2, -0.15) is 9.40 Å². The first-order chi connectivity index (χ1) is 21.5. The number of aryl methyl sites for hydroxylation is 1. The Bertz CT molecular complexity index is 2080. The summed E-state index contributed by atoms with van der Waals surface area (Å²) in [5.74, 6) is -2.50. The van der Waals surface area contributed by atoms with Crippen molar-refractivity contribution in [3.63, 3.8) is 0 Å². The molecule has 3 aromatic heterocycles. The summed E-state index contributed by atoms with van der Waals surface area (Å²) < 4.78 is 59.8. The van der Waals surface area contributed by atoms with E-state index in [1.165, 1.54) is 45.3 Å². The van der Waals surface area contributed by atoms with Gasteiger partial charge in [0.25, 0.3) is 0 Å². The fourth-order valence-electron chi connectivity index (χ4n) is 5.92. The number of fused-ring (bicyclic) bond motifs is 2. The molecule has 5 heterocycles. The van der Waals surface area contributed by atoms with Gasteiger partial charge < -0.3 is 15.5 Å². The van der Waals surface area contributed by atoms with Crippen LogP contribution in [0.15, 0.2) is 54.9 Å². The molecule has 0 atom stereocenters. The van der Waals surface area contributed by atoms with Crippen molar-refractivity contribution in [2.75, 3.05) is 31.6 Å². The van der Waals surface area contributed by atoms with Gasteiger partial charge in [-0.15, -0.1) is 0 Å². The number of ketones is 1. The smallest absolute Gasteiger partial charge is 0.219 e. The van der Waals surface area contributed by atoms with Crippen LogP contribution in [0.4, 0.5) is 14.6 Å². The fraction of sp³-hybridized carbons (Fsp3) is 0.258. The first kappa shape index (κ1) is 29.1. The molecule has 232 valence electrons. The number of nitrogens with two attached hydrogens (primary N) is 1. The molecule has 0 radical (unpaired) electrons. The maximum atomic E-state index is 14.0. The van der Waals surface area contributed by atoms with Crippen LogP contribution < -0.4 is 10.5 Å². The third-order valence-corrected chi connectivity index (χ3v) is 9.74. The molecule has 7 rings (SSSR count). The molecule has 3 N–H and O–H groups in total. The third-order valence-electron chi connectivity index (χ3n) is 8.50. The Morgan fingerprint density at radius 2 is 1.84 bits per heavy atom. The molecule has 14 heteroatoms. The van der Waals surface area contributed by atoms with Crippen LogP contribution in [0.25, 0.3) is 16.6 Å². The summed E-state index contributed by atoms with van der Waals surface area (Å²) in [6.07, 6.45) is 4.86. The van der Waals surface area contributed by atoms with E-state index in [1.807, 2.05) is 0 Å². The lowest BCUT2D eigenvalue weighted by atomic mass is 9.96. The number of nitrogens with zero attached hydrogens (tertiary/aromatic N) is 5. The van der Waals surface area contributed by atoms with Crippen LogP contribution in [-0.2, 0) is 23.0 Å². The molecule has 2 aromatic carbocycles. The van der Waals surface area contributed by atoms with Crippen LogP contribution in [0.3, 0.4) is 0 Å². The highest BCUT2D eigenvalue weighted by Gasteiger charge is 2.38. The highest BCUT2D eigenvalue weighted by Crippen LogP contribution is 2.31. The largest absolute Gasteiger partial charge is 0.433 e. The number of ether oxygens (including phenoxy) is 1. The number of benzene rings is 2. The van der Waals surface area contributed by atoms with E-state index in [1.54, 1.807) is 13.0 Å². The Kier molecular flexibility index (Phi) is 6.95. The Hall–Kier alpha value is -4.66. The summed E-state index contributed by atoms with van der Waals surface area (Å²) in [7, 11) is -3.17. The molecule has 0 bridgehead atoms. The number of H-pyrrole nitrogens is 1. The van der Waals surface area contributed by atoms with E-state index >= 15 is 0 Å². The zero-order valence-electron chi connectivity index (χ0n) is 24.4. The minimum atomic E-state index is -3.17. The Morgan fingerprint density at radius 1 is 1.09 bits per heavy atom. The highest BCUT2D eigenvalue weighted by atomic mass is 32.2. The third kappa shape index (κ3) is 5.24. The predicted molar refractivity (Wildman–Crippen MR) is 163 cm³/mol. The van der Waals surface area contributed by atoms with Gasteiger partial charge in [-0.25, -0.2) is 26.9 Å². The number of nitrogens with one attached hydrogen (secondary N) is 1. The normalized spacial score (nSPS) is 16.1. The van der Waals surface area contributed by atoms with Crippen molar-refractivity contribution in [2.24, 2.45) is 0 Å². The zero-order chi connectivity index (χ0) is 31.6. The molecule has 0 spiro atoms. The minimum Gasteiger partial charge on any atom is -0.433 e. The van der Waals surface area contributed by atoms with Gasteiger partial charge in [0.1, 0.15) is 5.82 Å². The van der Waals surface area contributed by atoms with Crippen molar-refractivity contribution in [3.05, 3.63) is 94.4 Å². The van der Waals surface area contributed by atoms with Gasteiger partial charge in [-0.3, -0.25) is 9.69 Å². The molecule has 0 saturated carbocycles. The van der Waals surface area contributed by atoms with E-state index in [4.69, 9.17) is 10.5 Å². The lowest BCUT2D eigenvalue weighted by molar-refractivity contribution is 0.0774. The van der Waals surface area contributed by atoms with Gasteiger partial charge in [0.2, 0.25) is 27.4 Å². The van der Waals surface area contributed by atoms with Crippen LogP contribution in [0, 0.1) is 18.6 Å². The van der Waals surface area contributed by atoms with Crippen molar-refractivity contribution in [3.8, 4) is 17.3 Å². The SMILES string of the molecule is Cc1cc(Oc2c(F)cccc2F)ncc1-n1ncc(C(=O)c2cc3cc4c(cc3[nH]2)CCN(C2CN(S(C)(=O)=O)C2)C4)c1N. The van der Waals surface area contributed by atoms with Gasteiger partial charge in [0.05, 0.1) is 35.6 Å². The number of rotatable bonds is 7. The summed E-state index contributed by atoms with van der Waals surface area (Å²) in [6.45, 7) is 4.31. The summed E-state index contributed by atoms with van der Waals surface area (Å²) >= 11 is 0. The van der Waals surface area contributed by atoms with Crippen molar-refractivity contribution >= 4 is 32.5 Å². The minimum absolute atomic E-state index is 0.0188. The standard InChI is InChI=1S/C31H29F2N7O4S/c1-17-8-28(44-30-23(32)4-3-5-24(30)33)35-13-27(17)40-31(34)22(12-36-40)29(41)26-11-19-9-20-14-38(7-6-18(20)10-25(19)37-26)21-15-39(16-21)45(2,42)43/h3-5,8-13,21,37H,6-7,14-16,34H2,1-2H3. The van der Waals surface area contributed by atoms with Gasteiger partial charge in [0.15, 0.2) is 11.6 Å². The van der Waals surface area contributed by atoms with Gasteiger partial charge in [-0.05, 0) is 60.4 Å². The van der Waals surface area contributed by atoms with Crippen molar-refractivity contribution < 1.29 is 26.7 Å². The lowest BCUT2D eigenvalue weighted by Crippen LogP contribution is -2.61. The molecule has 1 saturated heterocycles. The molecule has 0 aliphatic carbocycles. The lowest BCUT2D eigenvalue weighted by Gasteiger charge is -2.45. The van der Waals surface area contributed by atoms with Gasteiger partial charge in [0, 0.05) is 49.2 Å². The molecule has 1 fully saturated rings. The van der Waals surface area contributed by atoms with E-state index in [9.17, 15) is 22.0 Å². The number of aromatic nitrogens is 4. The molecule has 2 aliphatic heterocycles. The number of halogens is 2. The average Bonchev–Trinajstić information content (AvgIpc) is 3.55. The summed E-state index contributed by atoms with van der Waals surface area (Å²) in [5, 5.41) is 5.21. The number of carbonyl (C=O) groups is 1. The van der Waals surface area contributed by atoms with E-state index in [0.29, 0.717) is 36.6 Å².